The molecule has 1 saturated heterocycles. The fraction of sp³-hybridized carbons (Fsp3) is 0.350. The molecule has 8 heteroatoms. The molecule has 0 radical (unpaired) electrons. The highest BCUT2D eigenvalue weighted by Crippen LogP contribution is 2.21. The number of amides is 1. The molecule has 2 aromatic carbocycles. The van der Waals surface area contributed by atoms with Crippen LogP contribution in [0.15, 0.2) is 53.4 Å². The van der Waals surface area contributed by atoms with Crippen molar-refractivity contribution in [2.45, 2.75) is 18.4 Å². The molecule has 0 aliphatic carbocycles. The highest BCUT2D eigenvalue weighted by molar-refractivity contribution is 7.89. The van der Waals surface area contributed by atoms with Crippen LogP contribution in [0.25, 0.3) is 0 Å². The number of hydrogen-bond acceptors (Lipinski definition) is 5. The summed E-state index contributed by atoms with van der Waals surface area (Å²) in [5, 5.41) is 2.64. The minimum absolute atomic E-state index is 0.192. The van der Waals surface area contributed by atoms with Crippen molar-refractivity contribution in [2.24, 2.45) is 0 Å². The number of rotatable bonds is 6. The van der Waals surface area contributed by atoms with Crippen LogP contribution in [0.3, 0.4) is 0 Å². The van der Waals surface area contributed by atoms with E-state index in [0.29, 0.717) is 31.9 Å². The third kappa shape index (κ3) is 4.89. The van der Waals surface area contributed by atoms with E-state index in [1.165, 1.54) is 23.4 Å². The molecule has 0 saturated carbocycles. The van der Waals surface area contributed by atoms with Crippen molar-refractivity contribution in [1.82, 2.24) is 9.21 Å². The maximum atomic E-state index is 12.9. The number of piperazine rings is 1. The molecule has 7 nitrogen and oxygen atoms in total. The molecule has 150 valence electrons. The van der Waals surface area contributed by atoms with E-state index in [-0.39, 0.29) is 10.8 Å². The number of ether oxygens (including phenoxy) is 1. The number of anilines is 1. The molecule has 1 N–H and O–H groups in total. The fourth-order valence-corrected chi connectivity index (χ4v) is 4.64. The average Bonchev–Trinajstić information content (AvgIpc) is 2.68. The number of carbonyl (C=O) groups excluding carboxylic acids is 1. The Morgan fingerprint density at radius 2 is 1.75 bits per heavy atom. The first-order valence-electron chi connectivity index (χ1n) is 9.11. The van der Waals surface area contributed by atoms with E-state index >= 15 is 0 Å². The Bertz CT molecular complexity index is 921. The molecular formula is C20H25N3O4S. The lowest BCUT2D eigenvalue weighted by molar-refractivity contribution is -0.114. The average molecular weight is 404 g/mol. The van der Waals surface area contributed by atoms with Crippen LogP contribution < -0.4 is 10.1 Å². The van der Waals surface area contributed by atoms with Crippen molar-refractivity contribution in [1.29, 1.82) is 0 Å². The van der Waals surface area contributed by atoms with Crippen molar-refractivity contribution >= 4 is 21.6 Å². The van der Waals surface area contributed by atoms with Gasteiger partial charge in [-0.3, -0.25) is 9.69 Å². The van der Waals surface area contributed by atoms with Gasteiger partial charge >= 0.3 is 0 Å². The van der Waals surface area contributed by atoms with Gasteiger partial charge in [0.25, 0.3) is 0 Å². The summed E-state index contributed by atoms with van der Waals surface area (Å²) in [5.74, 6) is 0.629. The SMILES string of the molecule is COc1cccc(CN2CCN(S(=O)(=O)c3ccc(NC(C)=O)cc3)CC2)c1. The quantitative estimate of drug-likeness (QED) is 0.800. The van der Waals surface area contributed by atoms with Crippen LogP contribution >= 0.6 is 0 Å². The predicted molar refractivity (Wildman–Crippen MR) is 108 cm³/mol. The summed E-state index contributed by atoms with van der Waals surface area (Å²) >= 11 is 0. The second kappa shape index (κ2) is 8.72. The van der Waals surface area contributed by atoms with Gasteiger partial charge in [-0.25, -0.2) is 8.42 Å². The van der Waals surface area contributed by atoms with Gasteiger partial charge < -0.3 is 10.1 Å². The van der Waals surface area contributed by atoms with Crippen LogP contribution in [0, 0.1) is 0 Å². The van der Waals surface area contributed by atoms with Gasteiger partial charge in [-0.2, -0.15) is 4.31 Å². The molecule has 0 unspecified atom stereocenters. The Morgan fingerprint density at radius 1 is 1.07 bits per heavy atom. The van der Waals surface area contributed by atoms with Crippen molar-refractivity contribution in [3.05, 3.63) is 54.1 Å². The fourth-order valence-electron chi connectivity index (χ4n) is 3.22. The van der Waals surface area contributed by atoms with Crippen molar-refractivity contribution in [3.8, 4) is 5.75 Å². The third-order valence-electron chi connectivity index (χ3n) is 4.68. The lowest BCUT2D eigenvalue weighted by atomic mass is 10.2. The number of benzene rings is 2. The largest absolute Gasteiger partial charge is 0.497 e. The summed E-state index contributed by atoms with van der Waals surface area (Å²) in [7, 11) is -1.90. The Morgan fingerprint density at radius 3 is 2.36 bits per heavy atom. The van der Waals surface area contributed by atoms with Crippen LogP contribution in [0.1, 0.15) is 12.5 Å². The second-order valence-corrected chi connectivity index (χ2v) is 8.68. The van der Waals surface area contributed by atoms with E-state index in [9.17, 15) is 13.2 Å². The maximum Gasteiger partial charge on any atom is 0.243 e. The standard InChI is InChI=1S/C20H25N3O4S/c1-16(24)21-18-6-8-20(9-7-18)28(25,26)23-12-10-22(11-13-23)15-17-4-3-5-19(14-17)27-2/h3-9,14H,10-13,15H2,1-2H3,(H,21,24). The molecule has 2 aromatic rings. The summed E-state index contributed by atoms with van der Waals surface area (Å²) in [6.45, 7) is 4.40. The number of sulfonamides is 1. The Balaban J connectivity index is 1.60. The lowest BCUT2D eigenvalue weighted by Gasteiger charge is -2.34. The maximum absolute atomic E-state index is 12.9. The molecular weight excluding hydrogens is 378 g/mol. The summed E-state index contributed by atoms with van der Waals surface area (Å²) < 4.78 is 32.5. The molecule has 1 aliphatic heterocycles. The summed E-state index contributed by atoms with van der Waals surface area (Å²) in [6.07, 6.45) is 0. The smallest absolute Gasteiger partial charge is 0.243 e. The second-order valence-electron chi connectivity index (χ2n) is 6.74. The summed E-state index contributed by atoms with van der Waals surface area (Å²) in [5.41, 5.74) is 1.72. The molecule has 0 atom stereocenters. The zero-order chi connectivity index (χ0) is 20.1. The van der Waals surface area contributed by atoms with Gasteiger partial charge in [0, 0.05) is 45.3 Å². The molecule has 3 rings (SSSR count). The topological polar surface area (TPSA) is 79.0 Å². The number of methoxy groups -OCH3 is 1. The molecule has 1 amide bonds. The molecule has 1 heterocycles. The van der Waals surface area contributed by atoms with Crippen LogP contribution in [-0.4, -0.2) is 56.8 Å². The predicted octanol–water partition coefficient (Wildman–Crippen LogP) is 2.16. The van der Waals surface area contributed by atoms with Gasteiger partial charge in [0.05, 0.1) is 12.0 Å². The third-order valence-corrected chi connectivity index (χ3v) is 6.60. The van der Waals surface area contributed by atoms with Crippen LogP contribution in [0.2, 0.25) is 0 Å². The number of nitrogens with zero attached hydrogens (tertiary/aromatic N) is 2. The van der Waals surface area contributed by atoms with Gasteiger partial charge in [0.2, 0.25) is 15.9 Å². The van der Waals surface area contributed by atoms with Gasteiger partial charge in [-0.05, 0) is 42.0 Å². The van der Waals surface area contributed by atoms with Crippen LogP contribution in [0.4, 0.5) is 5.69 Å². The summed E-state index contributed by atoms with van der Waals surface area (Å²) in [4.78, 5) is 13.6. The zero-order valence-corrected chi connectivity index (χ0v) is 16.9. The first-order valence-corrected chi connectivity index (χ1v) is 10.6. The van der Waals surface area contributed by atoms with E-state index in [0.717, 1.165) is 17.9 Å². The Labute approximate surface area is 166 Å². The highest BCUT2D eigenvalue weighted by Gasteiger charge is 2.28. The van der Waals surface area contributed by atoms with Crippen molar-refractivity contribution < 1.29 is 17.9 Å². The van der Waals surface area contributed by atoms with Crippen molar-refractivity contribution in [2.75, 3.05) is 38.6 Å². The number of nitrogens with one attached hydrogen (secondary N) is 1. The number of hydrogen-bond donors (Lipinski definition) is 1. The summed E-state index contributed by atoms with van der Waals surface area (Å²) in [6, 6.07) is 14.2. The van der Waals surface area contributed by atoms with E-state index in [1.807, 2.05) is 24.3 Å². The van der Waals surface area contributed by atoms with Gasteiger partial charge in [-0.15, -0.1) is 0 Å². The van der Waals surface area contributed by atoms with E-state index in [2.05, 4.69) is 10.2 Å². The van der Waals surface area contributed by atoms with Gasteiger partial charge in [0.1, 0.15) is 5.75 Å². The molecule has 0 bridgehead atoms. The van der Waals surface area contributed by atoms with Crippen LogP contribution in [0.5, 0.6) is 5.75 Å². The van der Waals surface area contributed by atoms with E-state index in [4.69, 9.17) is 4.74 Å². The first kappa shape index (κ1) is 20.3. The Hall–Kier alpha value is -2.42. The molecule has 1 aliphatic rings. The van der Waals surface area contributed by atoms with Gasteiger partial charge in [-0.1, -0.05) is 12.1 Å². The van der Waals surface area contributed by atoms with Crippen LogP contribution in [-0.2, 0) is 21.4 Å². The van der Waals surface area contributed by atoms with Gasteiger partial charge in [0.15, 0.2) is 0 Å². The molecule has 0 aromatic heterocycles. The Kier molecular flexibility index (Phi) is 6.33. The number of carbonyl (C=O) groups is 1. The normalized spacial score (nSPS) is 15.9. The minimum atomic E-state index is -3.54. The molecule has 28 heavy (non-hydrogen) atoms. The minimum Gasteiger partial charge on any atom is -0.497 e. The van der Waals surface area contributed by atoms with Crippen molar-refractivity contribution in [3.63, 3.8) is 0 Å². The zero-order valence-electron chi connectivity index (χ0n) is 16.1. The first-order chi connectivity index (χ1) is 13.4. The van der Waals surface area contributed by atoms with E-state index < -0.39 is 10.0 Å². The highest BCUT2D eigenvalue weighted by atomic mass is 32.2. The monoisotopic (exact) mass is 403 g/mol. The molecule has 0 spiro atoms. The molecule has 1 fully saturated rings. The van der Waals surface area contributed by atoms with E-state index in [1.54, 1.807) is 19.2 Å². The lowest BCUT2D eigenvalue weighted by Crippen LogP contribution is -2.48.